The average molecular weight is 259 g/mol. The SMILES string of the molecule is Cc1cccc(/C([SH2+])=C(/S)c2ccccc2)c1. The predicted molar refractivity (Wildman–Crippen MR) is 83.6 cm³/mol. The van der Waals surface area contributed by atoms with E-state index in [1.54, 1.807) is 0 Å². The second-order valence-corrected chi connectivity index (χ2v) is 4.91. The molecule has 2 aromatic rings. The Labute approximate surface area is 113 Å². The fraction of sp³-hybridized carbons (Fsp3) is 0.0667. The molecule has 0 N–H and O–H groups in total. The summed E-state index contributed by atoms with van der Waals surface area (Å²) in [7, 11) is 0. The summed E-state index contributed by atoms with van der Waals surface area (Å²) in [6, 6.07) is 18.5. The molecule has 2 heteroatoms. The van der Waals surface area contributed by atoms with Crippen molar-refractivity contribution in [1.82, 2.24) is 0 Å². The van der Waals surface area contributed by atoms with E-state index < -0.39 is 0 Å². The third kappa shape index (κ3) is 2.96. The van der Waals surface area contributed by atoms with Crippen molar-refractivity contribution in [2.24, 2.45) is 0 Å². The standard InChI is InChI=1S/C15H14S2/c1-11-6-5-9-13(10-11)15(17)14(16)12-7-3-2-4-8-12/h2-10,16-17H,1H3/p+1/b15-14-. The highest BCUT2D eigenvalue weighted by Crippen LogP contribution is 2.28. The Hall–Kier alpha value is -1.12. The van der Waals surface area contributed by atoms with Crippen molar-refractivity contribution in [3.63, 3.8) is 0 Å². The molecule has 0 radical (unpaired) electrons. The van der Waals surface area contributed by atoms with Crippen molar-refractivity contribution < 1.29 is 0 Å². The van der Waals surface area contributed by atoms with Crippen LogP contribution in [0, 0.1) is 6.92 Å². The maximum atomic E-state index is 4.59. The van der Waals surface area contributed by atoms with Crippen molar-refractivity contribution >= 4 is 35.1 Å². The minimum absolute atomic E-state index is 0.952. The van der Waals surface area contributed by atoms with Gasteiger partial charge in [-0.25, -0.2) is 0 Å². The summed E-state index contributed by atoms with van der Waals surface area (Å²) in [4.78, 5) is 1.97. The summed E-state index contributed by atoms with van der Waals surface area (Å²) in [6.07, 6.45) is 0. The Bertz CT molecular complexity index is 542. The highest BCUT2D eigenvalue weighted by Gasteiger charge is 2.10. The van der Waals surface area contributed by atoms with Gasteiger partial charge in [-0.3, -0.25) is 0 Å². The largest absolute Gasteiger partial charge is 0.171 e. The maximum Gasteiger partial charge on any atom is 0.171 e. The first-order valence-electron chi connectivity index (χ1n) is 5.46. The molecule has 0 saturated heterocycles. The Morgan fingerprint density at radius 1 is 0.941 bits per heavy atom. The Balaban J connectivity index is 2.45. The first-order valence-corrected chi connectivity index (χ1v) is 6.40. The van der Waals surface area contributed by atoms with Gasteiger partial charge in [0.25, 0.3) is 0 Å². The zero-order valence-corrected chi connectivity index (χ0v) is 11.5. The van der Waals surface area contributed by atoms with Crippen LogP contribution in [0.25, 0.3) is 9.81 Å². The predicted octanol–water partition coefficient (Wildman–Crippen LogP) is 3.76. The summed E-state index contributed by atoms with van der Waals surface area (Å²) in [6.45, 7) is 2.09. The molecular formula is C15H15S2+. The van der Waals surface area contributed by atoms with Gasteiger partial charge in [-0.2, -0.15) is 0 Å². The van der Waals surface area contributed by atoms with Crippen LogP contribution in [-0.4, -0.2) is 0 Å². The van der Waals surface area contributed by atoms with Crippen LogP contribution in [0.2, 0.25) is 0 Å². The second-order valence-electron chi connectivity index (χ2n) is 3.96. The molecule has 86 valence electrons. The third-order valence-corrected chi connectivity index (χ3v) is 3.82. The lowest BCUT2D eigenvalue weighted by atomic mass is 10.1. The molecule has 0 aliphatic rings. The van der Waals surface area contributed by atoms with E-state index in [4.69, 9.17) is 0 Å². The molecule has 0 saturated carbocycles. The highest BCUT2D eigenvalue weighted by atomic mass is 32.1. The molecule has 0 unspecified atom stereocenters. The van der Waals surface area contributed by atoms with Crippen LogP contribution in [0.3, 0.4) is 0 Å². The summed E-state index contributed by atoms with van der Waals surface area (Å²) in [5.74, 6) is 0. The number of hydrogen-bond acceptors (Lipinski definition) is 1. The fourth-order valence-corrected chi connectivity index (χ4v) is 2.26. The lowest BCUT2D eigenvalue weighted by Gasteiger charge is -2.03. The van der Waals surface area contributed by atoms with Crippen LogP contribution >= 0.6 is 12.6 Å². The van der Waals surface area contributed by atoms with Crippen LogP contribution < -0.4 is 0 Å². The van der Waals surface area contributed by atoms with Gasteiger partial charge in [-0.05, 0) is 37.2 Å². The number of aryl methyl sites for hydroxylation is 1. The summed E-state index contributed by atoms with van der Waals surface area (Å²) >= 11 is 8.27. The van der Waals surface area contributed by atoms with Gasteiger partial charge in [0.15, 0.2) is 4.91 Å². The van der Waals surface area contributed by atoms with Crippen molar-refractivity contribution in [3.05, 3.63) is 71.3 Å². The maximum absolute atomic E-state index is 4.59. The van der Waals surface area contributed by atoms with Gasteiger partial charge in [0.2, 0.25) is 0 Å². The minimum atomic E-state index is 0.952. The molecule has 0 fully saturated rings. The van der Waals surface area contributed by atoms with Gasteiger partial charge in [0.1, 0.15) is 0 Å². The lowest BCUT2D eigenvalue weighted by molar-refractivity contribution is 1.46. The lowest BCUT2D eigenvalue weighted by Crippen LogP contribution is -1.86. The van der Waals surface area contributed by atoms with Crippen molar-refractivity contribution in [3.8, 4) is 0 Å². The molecule has 0 spiro atoms. The summed E-state index contributed by atoms with van der Waals surface area (Å²) in [5, 5.41) is 0. The van der Waals surface area contributed by atoms with Gasteiger partial charge < -0.3 is 0 Å². The van der Waals surface area contributed by atoms with E-state index in [1.807, 2.05) is 18.2 Å². The summed E-state index contributed by atoms with van der Waals surface area (Å²) in [5.41, 5.74) is 3.50. The molecule has 0 aliphatic heterocycles. The van der Waals surface area contributed by atoms with Gasteiger partial charge in [-0.1, -0.05) is 48.0 Å². The van der Waals surface area contributed by atoms with E-state index in [2.05, 4.69) is 68.6 Å². The zero-order chi connectivity index (χ0) is 12.3. The van der Waals surface area contributed by atoms with Crippen LogP contribution in [0.15, 0.2) is 54.6 Å². The monoisotopic (exact) mass is 259 g/mol. The van der Waals surface area contributed by atoms with Crippen LogP contribution in [-0.2, 0) is 12.6 Å². The normalized spacial score (nSPS) is 12.2. The molecule has 0 nitrogen and oxygen atoms in total. The van der Waals surface area contributed by atoms with Crippen LogP contribution in [0.5, 0.6) is 0 Å². The van der Waals surface area contributed by atoms with Crippen molar-refractivity contribution in [2.45, 2.75) is 6.92 Å². The molecule has 17 heavy (non-hydrogen) atoms. The van der Waals surface area contributed by atoms with Gasteiger partial charge in [0.05, 0.1) is 4.91 Å². The molecule has 0 atom stereocenters. The number of rotatable bonds is 2. The van der Waals surface area contributed by atoms with Gasteiger partial charge in [0, 0.05) is 5.56 Å². The quantitative estimate of drug-likeness (QED) is 0.474. The molecule has 0 aliphatic carbocycles. The zero-order valence-electron chi connectivity index (χ0n) is 9.64. The smallest absolute Gasteiger partial charge is 0.138 e. The second kappa shape index (κ2) is 5.48. The van der Waals surface area contributed by atoms with E-state index in [0.29, 0.717) is 0 Å². The summed E-state index contributed by atoms with van der Waals surface area (Å²) < 4.78 is 0. The highest BCUT2D eigenvalue weighted by molar-refractivity contribution is 7.92. The van der Waals surface area contributed by atoms with E-state index in [1.165, 1.54) is 5.56 Å². The number of benzene rings is 2. The molecule has 0 heterocycles. The van der Waals surface area contributed by atoms with Crippen molar-refractivity contribution in [1.29, 1.82) is 0 Å². The first kappa shape index (κ1) is 12.3. The van der Waals surface area contributed by atoms with Crippen molar-refractivity contribution in [2.75, 3.05) is 0 Å². The minimum Gasteiger partial charge on any atom is -0.138 e. The molecule has 2 rings (SSSR count). The Morgan fingerprint density at radius 3 is 2.24 bits per heavy atom. The third-order valence-electron chi connectivity index (χ3n) is 2.59. The molecular weight excluding hydrogens is 244 g/mol. The van der Waals surface area contributed by atoms with E-state index >= 15 is 0 Å². The number of hydrogen-bond donors (Lipinski definition) is 1. The first-order chi connectivity index (χ1) is 8.18. The van der Waals surface area contributed by atoms with Crippen LogP contribution in [0.4, 0.5) is 0 Å². The fourth-order valence-electron chi connectivity index (χ4n) is 1.68. The molecule has 0 aromatic heterocycles. The molecule has 0 bridgehead atoms. The Morgan fingerprint density at radius 2 is 1.59 bits per heavy atom. The number of thiol groups is 1. The average Bonchev–Trinajstić information content (AvgIpc) is 2.38. The van der Waals surface area contributed by atoms with Gasteiger partial charge >= 0.3 is 0 Å². The Kier molecular flexibility index (Phi) is 3.97. The van der Waals surface area contributed by atoms with E-state index in [-0.39, 0.29) is 0 Å². The van der Waals surface area contributed by atoms with Gasteiger partial charge in [-0.15, -0.1) is 12.6 Å². The van der Waals surface area contributed by atoms with E-state index in [9.17, 15) is 0 Å². The van der Waals surface area contributed by atoms with Crippen LogP contribution in [0.1, 0.15) is 16.7 Å². The molecule has 2 aromatic carbocycles. The topological polar surface area (TPSA) is 0 Å². The molecule has 0 amide bonds. The van der Waals surface area contributed by atoms with E-state index in [0.717, 1.165) is 20.9 Å².